The lowest BCUT2D eigenvalue weighted by Crippen LogP contribution is -2.12. The van der Waals surface area contributed by atoms with Crippen LogP contribution in [0.2, 0.25) is 0 Å². The summed E-state index contributed by atoms with van der Waals surface area (Å²) >= 11 is 0. The molecule has 1 radical (unpaired) electrons. The number of alkyl halides is 3. The highest BCUT2D eigenvalue weighted by molar-refractivity contribution is 7.85. The van der Waals surface area contributed by atoms with Crippen LogP contribution < -0.4 is 0 Å². The summed E-state index contributed by atoms with van der Waals surface area (Å²) in [6.07, 6.45) is -4.83. The third kappa shape index (κ3) is 2.24. The molecule has 0 fully saturated rings. The Bertz CT molecular complexity index is 436. The van der Waals surface area contributed by atoms with E-state index in [4.69, 9.17) is 4.55 Å². The van der Waals surface area contributed by atoms with Crippen LogP contribution in [0.1, 0.15) is 5.56 Å². The van der Waals surface area contributed by atoms with Crippen molar-refractivity contribution in [3.63, 3.8) is 0 Å². The molecule has 0 aromatic heterocycles. The van der Waals surface area contributed by atoms with Gasteiger partial charge >= 0.3 is 6.18 Å². The minimum absolute atomic E-state index is 0.555. The van der Waals surface area contributed by atoms with Gasteiger partial charge in [-0.3, -0.25) is 4.55 Å². The van der Waals surface area contributed by atoms with Gasteiger partial charge in [0.1, 0.15) is 4.90 Å². The van der Waals surface area contributed by atoms with Gasteiger partial charge in [-0.15, -0.1) is 0 Å². The lowest BCUT2D eigenvalue weighted by molar-refractivity contribution is -0.140. The van der Waals surface area contributed by atoms with Crippen molar-refractivity contribution in [3.8, 4) is 0 Å². The Kier molecular flexibility index (Phi) is 2.55. The monoisotopic (exact) mass is 225 g/mol. The van der Waals surface area contributed by atoms with E-state index in [1.807, 2.05) is 6.07 Å². The molecule has 0 aliphatic carbocycles. The van der Waals surface area contributed by atoms with E-state index >= 15 is 0 Å². The van der Waals surface area contributed by atoms with E-state index in [1.165, 1.54) is 0 Å². The van der Waals surface area contributed by atoms with Gasteiger partial charge in [0.25, 0.3) is 10.1 Å². The Hall–Kier alpha value is -1.08. The van der Waals surface area contributed by atoms with Crippen molar-refractivity contribution >= 4 is 10.1 Å². The van der Waals surface area contributed by atoms with Gasteiger partial charge in [0, 0.05) is 6.07 Å². The highest BCUT2D eigenvalue weighted by Crippen LogP contribution is 2.33. The summed E-state index contributed by atoms with van der Waals surface area (Å²) in [5.41, 5.74) is -1.43. The third-order valence-corrected chi connectivity index (χ3v) is 2.24. The minimum atomic E-state index is -4.89. The van der Waals surface area contributed by atoms with Gasteiger partial charge in [0.05, 0.1) is 5.56 Å². The van der Waals surface area contributed by atoms with Crippen LogP contribution >= 0.6 is 0 Å². The molecule has 0 saturated heterocycles. The predicted octanol–water partition coefficient (Wildman–Crippen LogP) is 1.75. The van der Waals surface area contributed by atoms with Crippen LogP contribution in [-0.4, -0.2) is 13.0 Å². The quantitative estimate of drug-likeness (QED) is 0.741. The molecule has 0 saturated carbocycles. The summed E-state index contributed by atoms with van der Waals surface area (Å²) in [7, 11) is -4.89. The van der Waals surface area contributed by atoms with E-state index < -0.39 is 26.8 Å². The second kappa shape index (κ2) is 3.25. The van der Waals surface area contributed by atoms with Crippen molar-refractivity contribution in [2.45, 2.75) is 11.1 Å². The first-order valence-electron chi connectivity index (χ1n) is 3.28. The molecule has 0 amide bonds. The van der Waals surface area contributed by atoms with Gasteiger partial charge in [-0.2, -0.15) is 21.6 Å². The second-order valence-electron chi connectivity index (χ2n) is 2.39. The summed E-state index contributed by atoms with van der Waals surface area (Å²) in [4.78, 5) is -1.26. The zero-order chi connectivity index (χ0) is 11.0. The SMILES string of the molecule is O=S(=O)(O)c1[c]cccc1C(F)(F)F. The predicted molar refractivity (Wildman–Crippen MR) is 40.1 cm³/mol. The van der Waals surface area contributed by atoms with Crippen molar-refractivity contribution in [1.82, 2.24) is 0 Å². The van der Waals surface area contributed by atoms with Gasteiger partial charge < -0.3 is 0 Å². The first kappa shape index (κ1) is 11.0. The lowest BCUT2D eigenvalue weighted by Gasteiger charge is -2.09. The Morgan fingerprint density at radius 2 is 1.93 bits per heavy atom. The molecule has 0 spiro atoms. The fourth-order valence-corrected chi connectivity index (χ4v) is 1.54. The largest absolute Gasteiger partial charge is 0.417 e. The first-order valence-corrected chi connectivity index (χ1v) is 4.72. The van der Waals surface area contributed by atoms with Crippen LogP contribution in [0, 0.1) is 6.07 Å². The molecule has 3 nitrogen and oxygen atoms in total. The fraction of sp³-hybridized carbons (Fsp3) is 0.143. The lowest BCUT2D eigenvalue weighted by atomic mass is 10.2. The van der Waals surface area contributed by atoms with Crippen molar-refractivity contribution in [2.24, 2.45) is 0 Å². The maximum Gasteiger partial charge on any atom is 0.417 e. The zero-order valence-electron chi connectivity index (χ0n) is 6.54. The van der Waals surface area contributed by atoms with E-state index in [-0.39, 0.29) is 0 Å². The van der Waals surface area contributed by atoms with Crippen LogP contribution in [0.25, 0.3) is 0 Å². The van der Waals surface area contributed by atoms with Crippen molar-refractivity contribution in [2.75, 3.05) is 0 Å². The Labute approximate surface area is 77.9 Å². The summed E-state index contributed by atoms with van der Waals surface area (Å²) in [6, 6.07) is 4.33. The molecule has 1 N–H and O–H groups in total. The zero-order valence-corrected chi connectivity index (χ0v) is 7.35. The van der Waals surface area contributed by atoms with Crippen LogP contribution in [-0.2, 0) is 16.3 Å². The molecular formula is C7H4F3O3S. The Morgan fingerprint density at radius 3 is 2.29 bits per heavy atom. The fourth-order valence-electron chi connectivity index (χ4n) is 0.858. The molecule has 0 atom stereocenters. The van der Waals surface area contributed by atoms with Gasteiger partial charge in [-0.25, -0.2) is 0 Å². The molecule has 0 heterocycles. The third-order valence-electron chi connectivity index (χ3n) is 1.38. The number of rotatable bonds is 1. The Morgan fingerprint density at radius 1 is 1.36 bits per heavy atom. The van der Waals surface area contributed by atoms with Crippen LogP contribution in [0.4, 0.5) is 13.2 Å². The maximum absolute atomic E-state index is 12.2. The molecule has 0 aliphatic rings. The number of hydrogen-bond acceptors (Lipinski definition) is 2. The van der Waals surface area contributed by atoms with Crippen LogP contribution in [0.15, 0.2) is 23.1 Å². The highest BCUT2D eigenvalue weighted by Gasteiger charge is 2.36. The molecule has 1 rings (SSSR count). The summed E-state index contributed by atoms with van der Waals surface area (Å²) < 4.78 is 66.1. The van der Waals surface area contributed by atoms with Crippen LogP contribution in [0.5, 0.6) is 0 Å². The van der Waals surface area contributed by atoms with Gasteiger partial charge in [-0.05, 0) is 6.07 Å². The second-order valence-corrected chi connectivity index (χ2v) is 3.74. The van der Waals surface area contributed by atoms with E-state index in [1.54, 1.807) is 0 Å². The molecule has 1 aromatic carbocycles. The van der Waals surface area contributed by atoms with Crippen molar-refractivity contribution < 1.29 is 26.1 Å². The molecular weight excluding hydrogens is 221 g/mol. The smallest absolute Gasteiger partial charge is 0.282 e. The van der Waals surface area contributed by atoms with Gasteiger partial charge in [0.2, 0.25) is 0 Å². The van der Waals surface area contributed by atoms with Crippen molar-refractivity contribution in [1.29, 1.82) is 0 Å². The summed E-state index contributed by atoms with van der Waals surface area (Å²) in [5.74, 6) is 0. The number of hydrogen-bond donors (Lipinski definition) is 1. The molecule has 1 aromatic rings. The number of benzene rings is 1. The highest BCUT2D eigenvalue weighted by atomic mass is 32.2. The average Bonchev–Trinajstić information content (AvgIpc) is 2.01. The molecule has 0 unspecified atom stereocenters. The Balaban J connectivity index is 3.47. The molecule has 0 aliphatic heterocycles. The topological polar surface area (TPSA) is 54.4 Å². The molecule has 0 bridgehead atoms. The van der Waals surface area contributed by atoms with Crippen LogP contribution in [0.3, 0.4) is 0 Å². The first-order chi connectivity index (χ1) is 6.23. The standard InChI is InChI=1S/C7H4F3O3S/c8-7(9,10)5-3-1-2-4-6(5)14(11,12)13/h1-3H,(H,11,12,13). The van der Waals surface area contributed by atoms with E-state index in [9.17, 15) is 21.6 Å². The normalized spacial score (nSPS) is 12.9. The maximum atomic E-state index is 12.2. The van der Waals surface area contributed by atoms with E-state index in [2.05, 4.69) is 0 Å². The van der Waals surface area contributed by atoms with E-state index in [0.29, 0.717) is 6.07 Å². The van der Waals surface area contributed by atoms with E-state index in [0.717, 1.165) is 12.1 Å². The average molecular weight is 225 g/mol. The van der Waals surface area contributed by atoms with Gasteiger partial charge in [-0.1, -0.05) is 12.1 Å². The van der Waals surface area contributed by atoms with Crippen molar-refractivity contribution in [3.05, 3.63) is 29.8 Å². The molecule has 77 valence electrons. The van der Waals surface area contributed by atoms with Gasteiger partial charge in [0.15, 0.2) is 0 Å². The molecule has 7 heteroatoms. The summed E-state index contributed by atoms with van der Waals surface area (Å²) in [5, 5.41) is 0. The molecule has 14 heavy (non-hydrogen) atoms. The number of halogens is 3. The summed E-state index contributed by atoms with van der Waals surface area (Å²) in [6.45, 7) is 0. The minimum Gasteiger partial charge on any atom is -0.282 e.